The van der Waals surface area contributed by atoms with Crippen LogP contribution in [0.1, 0.15) is 44.1 Å². The number of nitrogens with zero attached hydrogens (tertiary/aromatic N) is 1. The summed E-state index contributed by atoms with van der Waals surface area (Å²) >= 11 is 1.32. The molecule has 1 aliphatic heterocycles. The molecule has 1 unspecified atom stereocenters. The Morgan fingerprint density at radius 1 is 1.30 bits per heavy atom. The third-order valence-corrected chi connectivity index (χ3v) is 5.68. The molecule has 0 radical (unpaired) electrons. The molecule has 1 amide bonds. The Kier molecular flexibility index (Phi) is 5.78. The Labute approximate surface area is 141 Å². The topological polar surface area (TPSA) is 62.6 Å². The second kappa shape index (κ2) is 8.02. The fourth-order valence-corrected chi connectivity index (χ4v) is 4.36. The number of thioether (sulfide) groups is 1. The summed E-state index contributed by atoms with van der Waals surface area (Å²) in [6.45, 7) is 1.08. The van der Waals surface area contributed by atoms with Gasteiger partial charge >= 0.3 is 0 Å². The van der Waals surface area contributed by atoms with E-state index in [1.165, 1.54) is 31.0 Å². The first kappa shape index (κ1) is 16.6. The maximum Gasteiger partial charge on any atom is 0.234 e. The summed E-state index contributed by atoms with van der Waals surface area (Å²) in [5.74, 6) is 0.769. The van der Waals surface area contributed by atoms with E-state index in [9.17, 15) is 9.59 Å². The van der Waals surface area contributed by atoms with Gasteiger partial charge < -0.3 is 9.73 Å². The molecule has 126 valence electrons. The van der Waals surface area contributed by atoms with Crippen LogP contribution in [0.2, 0.25) is 0 Å². The van der Waals surface area contributed by atoms with Gasteiger partial charge in [-0.15, -0.1) is 0 Å². The highest BCUT2D eigenvalue weighted by atomic mass is 32.2. The molecule has 0 spiro atoms. The number of hydrogen-bond acceptors (Lipinski definition) is 5. The van der Waals surface area contributed by atoms with Crippen LogP contribution in [0, 0.1) is 0 Å². The minimum Gasteiger partial charge on any atom is -0.472 e. The lowest BCUT2D eigenvalue weighted by Gasteiger charge is -2.33. The van der Waals surface area contributed by atoms with Gasteiger partial charge in [-0.3, -0.25) is 14.5 Å². The SMILES string of the molecule is O=C(CN(Cc1ccoc1)C1CCCCC1)NC1CCSC1=O. The van der Waals surface area contributed by atoms with Crippen LogP contribution in [-0.2, 0) is 16.1 Å². The standard InChI is InChI=1S/C17H24N2O3S/c20-16(18-15-7-9-23-17(15)21)11-19(10-13-6-8-22-12-13)14-4-2-1-3-5-14/h6,8,12,14-15H,1-5,7,9-11H2,(H,18,20). The second-order valence-electron chi connectivity index (χ2n) is 6.40. The summed E-state index contributed by atoms with van der Waals surface area (Å²) in [6.07, 6.45) is 10.2. The molecule has 0 bridgehead atoms. The van der Waals surface area contributed by atoms with Crippen molar-refractivity contribution in [3.8, 4) is 0 Å². The molecular formula is C17H24N2O3S. The predicted molar refractivity (Wildman–Crippen MR) is 90.0 cm³/mol. The molecule has 1 saturated carbocycles. The van der Waals surface area contributed by atoms with E-state index in [0.29, 0.717) is 12.6 Å². The lowest BCUT2D eigenvalue weighted by atomic mass is 9.94. The zero-order valence-electron chi connectivity index (χ0n) is 13.3. The molecule has 1 aromatic rings. The normalized spacial score (nSPS) is 22.7. The monoisotopic (exact) mass is 336 g/mol. The molecule has 2 heterocycles. The first-order chi connectivity index (χ1) is 11.2. The van der Waals surface area contributed by atoms with Crippen LogP contribution in [-0.4, -0.2) is 40.3 Å². The van der Waals surface area contributed by atoms with Gasteiger partial charge in [-0.1, -0.05) is 31.0 Å². The molecule has 1 aromatic heterocycles. The minimum atomic E-state index is -0.297. The van der Waals surface area contributed by atoms with E-state index in [2.05, 4.69) is 10.2 Å². The number of rotatable bonds is 6. The van der Waals surface area contributed by atoms with E-state index in [1.807, 2.05) is 6.07 Å². The fourth-order valence-electron chi connectivity index (χ4n) is 3.43. The lowest BCUT2D eigenvalue weighted by molar-refractivity contribution is -0.126. The Morgan fingerprint density at radius 2 is 2.13 bits per heavy atom. The molecule has 3 rings (SSSR count). The van der Waals surface area contributed by atoms with Crippen molar-refractivity contribution < 1.29 is 14.0 Å². The third-order valence-electron chi connectivity index (χ3n) is 4.67. The molecule has 1 N–H and O–H groups in total. The van der Waals surface area contributed by atoms with Gasteiger partial charge in [0.2, 0.25) is 11.0 Å². The van der Waals surface area contributed by atoms with Crippen molar-refractivity contribution in [1.29, 1.82) is 0 Å². The van der Waals surface area contributed by atoms with Gasteiger partial charge in [0.1, 0.15) is 0 Å². The molecule has 6 heteroatoms. The average molecular weight is 336 g/mol. The van der Waals surface area contributed by atoms with Crippen LogP contribution in [0.25, 0.3) is 0 Å². The van der Waals surface area contributed by atoms with E-state index in [1.54, 1.807) is 12.5 Å². The van der Waals surface area contributed by atoms with Crippen LogP contribution in [0.5, 0.6) is 0 Å². The van der Waals surface area contributed by atoms with Crippen molar-refractivity contribution in [3.05, 3.63) is 24.2 Å². The number of carbonyl (C=O) groups excluding carboxylic acids is 2. The molecule has 2 fully saturated rings. The first-order valence-corrected chi connectivity index (χ1v) is 9.42. The number of nitrogens with one attached hydrogen (secondary N) is 1. The number of furan rings is 1. The summed E-state index contributed by atoms with van der Waals surface area (Å²) < 4.78 is 5.15. The van der Waals surface area contributed by atoms with Crippen LogP contribution in [0.15, 0.2) is 23.0 Å². The van der Waals surface area contributed by atoms with Crippen LogP contribution in [0.3, 0.4) is 0 Å². The smallest absolute Gasteiger partial charge is 0.234 e. The Balaban J connectivity index is 1.59. The summed E-state index contributed by atoms with van der Waals surface area (Å²) in [5, 5.41) is 3.00. The zero-order chi connectivity index (χ0) is 16.1. The summed E-state index contributed by atoms with van der Waals surface area (Å²) in [7, 11) is 0. The molecule has 1 aliphatic carbocycles. The number of carbonyl (C=O) groups is 2. The number of hydrogen-bond donors (Lipinski definition) is 1. The van der Waals surface area contributed by atoms with E-state index < -0.39 is 0 Å². The van der Waals surface area contributed by atoms with Crippen molar-refractivity contribution in [2.75, 3.05) is 12.3 Å². The van der Waals surface area contributed by atoms with E-state index in [4.69, 9.17) is 4.42 Å². The second-order valence-corrected chi connectivity index (χ2v) is 7.50. The van der Waals surface area contributed by atoms with Crippen LogP contribution in [0.4, 0.5) is 0 Å². The highest BCUT2D eigenvalue weighted by Crippen LogP contribution is 2.24. The van der Waals surface area contributed by atoms with Crippen LogP contribution >= 0.6 is 11.8 Å². The highest BCUT2D eigenvalue weighted by molar-refractivity contribution is 8.14. The van der Waals surface area contributed by atoms with Crippen molar-refractivity contribution in [2.24, 2.45) is 0 Å². The van der Waals surface area contributed by atoms with Gasteiger partial charge in [-0.25, -0.2) is 0 Å². The first-order valence-electron chi connectivity index (χ1n) is 8.43. The molecule has 1 atom stereocenters. The number of amides is 1. The van der Waals surface area contributed by atoms with Crippen LogP contribution < -0.4 is 5.32 Å². The molecule has 2 aliphatic rings. The maximum absolute atomic E-state index is 12.4. The third kappa shape index (κ3) is 4.61. The minimum absolute atomic E-state index is 0.0417. The van der Waals surface area contributed by atoms with Gasteiger partial charge in [0.15, 0.2) is 0 Å². The summed E-state index contributed by atoms with van der Waals surface area (Å²) in [5.41, 5.74) is 1.09. The summed E-state index contributed by atoms with van der Waals surface area (Å²) in [6, 6.07) is 2.10. The fraction of sp³-hybridized carbons (Fsp3) is 0.647. The quantitative estimate of drug-likeness (QED) is 0.865. The largest absolute Gasteiger partial charge is 0.472 e. The van der Waals surface area contributed by atoms with Gasteiger partial charge in [0, 0.05) is 23.9 Å². The molecule has 0 aromatic carbocycles. The molecule has 23 heavy (non-hydrogen) atoms. The zero-order valence-corrected chi connectivity index (χ0v) is 14.1. The average Bonchev–Trinajstić information content (AvgIpc) is 3.20. The van der Waals surface area contributed by atoms with Crippen molar-refractivity contribution in [1.82, 2.24) is 10.2 Å². The van der Waals surface area contributed by atoms with Gasteiger partial charge in [-0.2, -0.15) is 0 Å². The van der Waals surface area contributed by atoms with Gasteiger partial charge in [0.05, 0.1) is 25.1 Å². The molecular weight excluding hydrogens is 312 g/mol. The van der Waals surface area contributed by atoms with Gasteiger partial charge in [0.25, 0.3) is 0 Å². The van der Waals surface area contributed by atoms with Crippen molar-refractivity contribution >= 4 is 22.8 Å². The Bertz CT molecular complexity index is 526. The lowest BCUT2D eigenvalue weighted by Crippen LogP contribution is -2.46. The van der Waals surface area contributed by atoms with E-state index in [0.717, 1.165) is 37.1 Å². The predicted octanol–water partition coefficient (Wildman–Crippen LogP) is 2.56. The van der Waals surface area contributed by atoms with E-state index >= 15 is 0 Å². The Morgan fingerprint density at radius 3 is 2.78 bits per heavy atom. The van der Waals surface area contributed by atoms with E-state index in [-0.39, 0.29) is 17.1 Å². The van der Waals surface area contributed by atoms with Crippen molar-refractivity contribution in [2.45, 2.75) is 57.2 Å². The molecule has 5 nitrogen and oxygen atoms in total. The maximum atomic E-state index is 12.4. The van der Waals surface area contributed by atoms with Crippen molar-refractivity contribution in [3.63, 3.8) is 0 Å². The Hall–Kier alpha value is -1.27. The summed E-state index contributed by atoms with van der Waals surface area (Å²) in [4.78, 5) is 26.3. The highest BCUT2D eigenvalue weighted by Gasteiger charge is 2.29. The molecule has 1 saturated heterocycles. The van der Waals surface area contributed by atoms with Gasteiger partial charge in [-0.05, 0) is 25.3 Å².